The summed E-state index contributed by atoms with van der Waals surface area (Å²) in [5, 5.41) is 3.08. The van der Waals surface area contributed by atoms with Crippen molar-refractivity contribution in [2.45, 2.75) is 32.0 Å². The second-order valence-electron chi connectivity index (χ2n) is 8.97. The number of hydrogen-bond acceptors (Lipinski definition) is 5. The highest BCUT2D eigenvalue weighted by Gasteiger charge is 2.29. The van der Waals surface area contributed by atoms with E-state index in [-0.39, 0.29) is 18.9 Å². The molecule has 1 saturated heterocycles. The molecule has 35 heavy (non-hydrogen) atoms. The Bertz CT molecular complexity index is 1150. The molecule has 182 valence electrons. The molecule has 7 nitrogen and oxygen atoms in total. The van der Waals surface area contributed by atoms with Gasteiger partial charge in [0.2, 0.25) is 6.79 Å². The van der Waals surface area contributed by atoms with E-state index in [0.29, 0.717) is 18.0 Å². The minimum absolute atomic E-state index is 0.113. The molecule has 0 aromatic heterocycles. The lowest BCUT2D eigenvalue weighted by Crippen LogP contribution is -2.48. The first-order chi connectivity index (χ1) is 17.2. The number of ether oxygens (including phenoxy) is 3. The number of hydrogen-bond donors (Lipinski definition) is 1. The van der Waals surface area contributed by atoms with E-state index >= 15 is 0 Å². The quantitative estimate of drug-likeness (QED) is 0.516. The zero-order valence-corrected chi connectivity index (χ0v) is 20.0. The van der Waals surface area contributed by atoms with Gasteiger partial charge in [-0.3, -0.25) is 4.90 Å². The van der Waals surface area contributed by atoms with Gasteiger partial charge in [0.05, 0.1) is 7.11 Å². The molecule has 2 heterocycles. The first-order valence-corrected chi connectivity index (χ1v) is 12.0. The number of carbonyl (C=O) groups is 1. The van der Waals surface area contributed by atoms with Crippen molar-refractivity contribution in [2.24, 2.45) is 0 Å². The number of benzene rings is 3. The second-order valence-corrected chi connectivity index (χ2v) is 8.97. The Hall–Kier alpha value is -3.71. The molecule has 0 aliphatic carbocycles. The van der Waals surface area contributed by atoms with Crippen LogP contribution in [0.25, 0.3) is 0 Å². The molecule has 2 amide bonds. The van der Waals surface area contributed by atoms with Crippen LogP contribution in [0.1, 0.15) is 24.0 Å². The molecule has 0 radical (unpaired) electrons. The molecule has 2 aliphatic rings. The Morgan fingerprint density at radius 2 is 1.77 bits per heavy atom. The molecule has 1 fully saturated rings. The standard InChI is InChI=1S/C28H31N3O4/c1-33-25-9-5-8-23(17-25)29-28(32)31(19-22-10-11-26-27(16-22)35-20-34-26)24-12-14-30(15-13-24)18-21-6-3-2-4-7-21/h2-11,16-17,24H,12-15,18-20H2,1H3,(H,29,32). The summed E-state index contributed by atoms with van der Waals surface area (Å²) in [5.41, 5.74) is 3.05. The van der Waals surface area contributed by atoms with Crippen molar-refractivity contribution in [2.75, 3.05) is 32.3 Å². The highest BCUT2D eigenvalue weighted by Crippen LogP contribution is 2.33. The van der Waals surface area contributed by atoms with E-state index in [1.165, 1.54) is 5.56 Å². The van der Waals surface area contributed by atoms with E-state index in [1.807, 2.05) is 53.4 Å². The van der Waals surface area contributed by atoms with Crippen molar-refractivity contribution in [3.63, 3.8) is 0 Å². The number of rotatable bonds is 7. The Morgan fingerprint density at radius 1 is 0.971 bits per heavy atom. The predicted octanol–water partition coefficient (Wildman–Crippen LogP) is 5.12. The summed E-state index contributed by atoms with van der Waals surface area (Å²) in [6.07, 6.45) is 1.84. The second kappa shape index (κ2) is 10.7. The van der Waals surface area contributed by atoms with Crippen LogP contribution in [0.4, 0.5) is 10.5 Å². The van der Waals surface area contributed by atoms with E-state index in [4.69, 9.17) is 14.2 Å². The van der Waals surface area contributed by atoms with Crippen LogP contribution in [0.5, 0.6) is 17.2 Å². The molecule has 0 bridgehead atoms. The smallest absolute Gasteiger partial charge is 0.322 e. The summed E-state index contributed by atoms with van der Waals surface area (Å²) in [6, 6.07) is 23.9. The number of anilines is 1. The fourth-order valence-corrected chi connectivity index (χ4v) is 4.73. The van der Waals surface area contributed by atoms with Crippen molar-refractivity contribution < 1.29 is 19.0 Å². The van der Waals surface area contributed by atoms with E-state index in [2.05, 4.69) is 34.5 Å². The fourth-order valence-electron chi connectivity index (χ4n) is 4.73. The van der Waals surface area contributed by atoms with E-state index in [0.717, 1.165) is 49.5 Å². The van der Waals surface area contributed by atoms with Gasteiger partial charge in [0, 0.05) is 44.0 Å². The third-order valence-corrected chi connectivity index (χ3v) is 6.62. The third-order valence-electron chi connectivity index (χ3n) is 6.62. The summed E-state index contributed by atoms with van der Waals surface area (Å²) in [4.78, 5) is 17.9. The topological polar surface area (TPSA) is 63.3 Å². The minimum Gasteiger partial charge on any atom is -0.497 e. The van der Waals surface area contributed by atoms with Gasteiger partial charge in [-0.1, -0.05) is 42.5 Å². The molecule has 0 atom stereocenters. The van der Waals surface area contributed by atoms with Gasteiger partial charge in [0.15, 0.2) is 11.5 Å². The lowest BCUT2D eigenvalue weighted by molar-refractivity contribution is 0.119. The van der Waals surface area contributed by atoms with Crippen LogP contribution < -0.4 is 19.5 Å². The highest BCUT2D eigenvalue weighted by atomic mass is 16.7. The van der Waals surface area contributed by atoms with Gasteiger partial charge in [-0.25, -0.2) is 4.79 Å². The van der Waals surface area contributed by atoms with Gasteiger partial charge in [0.1, 0.15) is 5.75 Å². The molecule has 3 aromatic carbocycles. The number of amides is 2. The van der Waals surface area contributed by atoms with Gasteiger partial charge in [-0.2, -0.15) is 0 Å². The van der Waals surface area contributed by atoms with Crippen LogP contribution >= 0.6 is 0 Å². The first-order valence-electron chi connectivity index (χ1n) is 12.0. The van der Waals surface area contributed by atoms with Crippen molar-refractivity contribution in [1.82, 2.24) is 9.80 Å². The summed E-state index contributed by atoms with van der Waals surface area (Å²) in [5.74, 6) is 2.18. The largest absolute Gasteiger partial charge is 0.497 e. The summed E-state index contributed by atoms with van der Waals surface area (Å²) in [7, 11) is 1.62. The molecular weight excluding hydrogens is 442 g/mol. The van der Waals surface area contributed by atoms with E-state index in [1.54, 1.807) is 7.11 Å². The third kappa shape index (κ3) is 5.69. The predicted molar refractivity (Wildman–Crippen MR) is 135 cm³/mol. The van der Waals surface area contributed by atoms with Gasteiger partial charge in [0.25, 0.3) is 0 Å². The lowest BCUT2D eigenvalue weighted by atomic mass is 10.0. The Labute approximate surface area is 206 Å². The number of piperidine rings is 1. The van der Waals surface area contributed by atoms with Gasteiger partial charge < -0.3 is 24.4 Å². The molecule has 0 spiro atoms. The number of methoxy groups -OCH3 is 1. The van der Waals surface area contributed by atoms with Crippen LogP contribution in [0.2, 0.25) is 0 Å². The fraction of sp³-hybridized carbons (Fsp3) is 0.321. The molecule has 0 unspecified atom stereocenters. The molecule has 3 aromatic rings. The number of fused-ring (bicyclic) bond motifs is 1. The maximum atomic E-state index is 13.5. The monoisotopic (exact) mass is 473 g/mol. The van der Waals surface area contributed by atoms with Crippen LogP contribution in [0.3, 0.4) is 0 Å². The molecular formula is C28H31N3O4. The number of nitrogens with zero attached hydrogens (tertiary/aromatic N) is 2. The zero-order valence-electron chi connectivity index (χ0n) is 20.0. The molecule has 2 aliphatic heterocycles. The van der Waals surface area contributed by atoms with Gasteiger partial charge in [-0.05, 0) is 48.2 Å². The summed E-state index contributed by atoms with van der Waals surface area (Å²) < 4.78 is 16.3. The maximum Gasteiger partial charge on any atom is 0.322 e. The minimum atomic E-state index is -0.113. The van der Waals surface area contributed by atoms with Crippen LogP contribution in [-0.4, -0.2) is 48.9 Å². The van der Waals surface area contributed by atoms with Crippen molar-refractivity contribution in [3.05, 3.63) is 83.9 Å². The molecule has 0 saturated carbocycles. The van der Waals surface area contributed by atoms with Crippen LogP contribution in [-0.2, 0) is 13.1 Å². The number of urea groups is 1. The molecule has 7 heteroatoms. The van der Waals surface area contributed by atoms with Crippen molar-refractivity contribution in [1.29, 1.82) is 0 Å². The maximum absolute atomic E-state index is 13.5. The van der Waals surface area contributed by atoms with Gasteiger partial charge in [-0.15, -0.1) is 0 Å². The average molecular weight is 474 g/mol. The average Bonchev–Trinajstić information content (AvgIpc) is 3.36. The van der Waals surface area contributed by atoms with Crippen LogP contribution in [0, 0.1) is 0 Å². The number of carbonyl (C=O) groups excluding carboxylic acids is 1. The van der Waals surface area contributed by atoms with Gasteiger partial charge >= 0.3 is 6.03 Å². The first kappa shape index (κ1) is 23.1. The Balaban J connectivity index is 1.30. The van der Waals surface area contributed by atoms with E-state index in [9.17, 15) is 4.79 Å². The normalized spacial score (nSPS) is 15.6. The van der Waals surface area contributed by atoms with Crippen LogP contribution in [0.15, 0.2) is 72.8 Å². The lowest BCUT2D eigenvalue weighted by Gasteiger charge is -2.38. The zero-order chi connectivity index (χ0) is 24.0. The SMILES string of the molecule is COc1cccc(NC(=O)N(Cc2ccc3c(c2)OCO3)C2CCN(Cc3ccccc3)CC2)c1. The molecule has 5 rings (SSSR count). The Kier molecular flexibility index (Phi) is 7.04. The number of likely N-dealkylation sites (tertiary alicyclic amines) is 1. The number of nitrogens with one attached hydrogen (secondary N) is 1. The van der Waals surface area contributed by atoms with E-state index < -0.39 is 0 Å². The summed E-state index contributed by atoms with van der Waals surface area (Å²) in [6.45, 7) is 3.56. The summed E-state index contributed by atoms with van der Waals surface area (Å²) >= 11 is 0. The molecule has 1 N–H and O–H groups in total. The van der Waals surface area contributed by atoms with Crippen molar-refractivity contribution in [3.8, 4) is 17.2 Å². The Morgan fingerprint density at radius 3 is 2.57 bits per heavy atom. The van der Waals surface area contributed by atoms with Crippen molar-refractivity contribution >= 4 is 11.7 Å². The highest BCUT2D eigenvalue weighted by molar-refractivity contribution is 5.89.